The summed E-state index contributed by atoms with van der Waals surface area (Å²) in [5.74, 6) is -0.380. The molecule has 0 radical (unpaired) electrons. The molecular weight excluding hydrogens is 228 g/mol. The molecule has 0 spiro atoms. The second-order valence-electron chi connectivity index (χ2n) is 4.20. The third kappa shape index (κ3) is 2.94. The van der Waals surface area contributed by atoms with E-state index in [0.717, 1.165) is 11.1 Å². The van der Waals surface area contributed by atoms with Crippen LogP contribution in [-0.2, 0) is 14.3 Å². The molecule has 1 aliphatic carbocycles. The van der Waals surface area contributed by atoms with Gasteiger partial charge in [0.1, 0.15) is 0 Å². The van der Waals surface area contributed by atoms with E-state index in [-0.39, 0.29) is 11.5 Å². The van der Waals surface area contributed by atoms with Gasteiger partial charge >= 0.3 is 5.97 Å². The summed E-state index contributed by atoms with van der Waals surface area (Å²) in [6, 6.07) is 9.45. The summed E-state index contributed by atoms with van der Waals surface area (Å²) in [7, 11) is 0. The van der Waals surface area contributed by atoms with Gasteiger partial charge in [-0.15, -0.1) is 0 Å². The number of ether oxygens (including phenoxy) is 1. The summed E-state index contributed by atoms with van der Waals surface area (Å²) in [6.07, 6.45) is 4.12. The van der Waals surface area contributed by atoms with Crippen LogP contribution in [0.3, 0.4) is 0 Å². The van der Waals surface area contributed by atoms with Crippen molar-refractivity contribution < 1.29 is 14.3 Å². The van der Waals surface area contributed by atoms with Crippen LogP contribution in [0, 0.1) is 0 Å². The van der Waals surface area contributed by atoms with E-state index >= 15 is 0 Å². The lowest BCUT2D eigenvalue weighted by Gasteiger charge is -2.01. The summed E-state index contributed by atoms with van der Waals surface area (Å²) in [5.41, 5.74) is 1.76. The number of rotatable bonds is 3. The molecule has 18 heavy (non-hydrogen) atoms. The number of hydrogen-bond donors (Lipinski definition) is 0. The Morgan fingerprint density at radius 3 is 2.56 bits per heavy atom. The highest BCUT2D eigenvalue weighted by molar-refractivity contribution is 6.00. The van der Waals surface area contributed by atoms with E-state index in [1.165, 1.54) is 6.08 Å². The number of ketones is 1. The van der Waals surface area contributed by atoms with Gasteiger partial charge in [0.05, 0.1) is 0 Å². The fourth-order valence-electron chi connectivity index (χ4n) is 1.77. The van der Waals surface area contributed by atoms with Crippen molar-refractivity contribution in [1.82, 2.24) is 0 Å². The van der Waals surface area contributed by atoms with Crippen molar-refractivity contribution in [1.29, 1.82) is 0 Å². The Hall–Kier alpha value is -2.16. The molecule has 3 nitrogen and oxygen atoms in total. The molecular formula is C15H14O3. The van der Waals surface area contributed by atoms with Crippen molar-refractivity contribution in [2.24, 2.45) is 0 Å². The normalized spacial score (nSPS) is 15.5. The smallest absolute Gasteiger partial charge is 0.336 e. The maximum atomic E-state index is 11.6. The molecule has 0 aliphatic heterocycles. The Morgan fingerprint density at radius 2 is 1.94 bits per heavy atom. The first kappa shape index (κ1) is 12.3. The minimum atomic E-state index is -0.511. The first-order chi connectivity index (χ1) is 8.66. The molecule has 1 aromatic carbocycles. The first-order valence-corrected chi connectivity index (χ1v) is 5.84. The van der Waals surface area contributed by atoms with Crippen molar-refractivity contribution in [3.8, 4) is 0 Å². The Labute approximate surface area is 106 Å². The van der Waals surface area contributed by atoms with E-state index in [1.54, 1.807) is 6.08 Å². The molecule has 3 heteroatoms. The van der Waals surface area contributed by atoms with Gasteiger partial charge < -0.3 is 4.74 Å². The quantitative estimate of drug-likeness (QED) is 0.604. The predicted octanol–water partition coefficient (Wildman–Crippen LogP) is 2.88. The van der Waals surface area contributed by atoms with Crippen LogP contribution in [0.15, 0.2) is 47.7 Å². The molecule has 0 saturated carbocycles. The van der Waals surface area contributed by atoms with Gasteiger partial charge in [-0.05, 0) is 30.6 Å². The lowest BCUT2D eigenvalue weighted by atomic mass is 10.2. The molecule has 1 aromatic rings. The number of carbonyl (C=O) groups is 2. The molecule has 0 unspecified atom stereocenters. The van der Waals surface area contributed by atoms with Crippen molar-refractivity contribution in [2.45, 2.75) is 19.8 Å². The van der Waals surface area contributed by atoms with Crippen LogP contribution in [0.1, 0.15) is 25.3 Å². The van der Waals surface area contributed by atoms with Gasteiger partial charge in [-0.3, -0.25) is 4.79 Å². The van der Waals surface area contributed by atoms with Crippen LogP contribution in [-0.4, -0.2) is 11.8 Å². The zero-order chi connectivity index (χ0) is 13.0. The van der Waals surface area contributed by atoms with E-state index in [9.17, 15) is 9.59 Å². The van der Waals surface area contributed by atoms with Crippen molar-refractivity contribution in [2.75, 3.05) is 0 Å². The summed E-state index contributed by atoms with van der Waals surface area (Å²) < 4.78 is 5.06. The minimum absolute atomic E-state index is 0.0889. The van der Waals surface area contributed by atoms with Gasteiger partial charge in [0.15, 0.2) is 11.5 Å². The highest BCUT2D eigenvalue weighted by Crippen LogP contribution is 2.23. The third-order valence-corrected chi connectivity index (χ3v) is 2.78. The Balaban J connectivity index is 2.00. The van der Waals surface area contributed by atoms with Crippen LogP contribution in [0.4, 0.5) is 0 Å². The minimum Gasteiger partial charge on any atom is -0.420 e. The number of esters is 1. The molecule has 1 aliphatic rings. The second-order valence-corrected chi connectivity index (χ2v) is 4.20. The topological polar surface area (TPSA) is 43.4 Å². The van der Waals surface area contributed by atoms with Crippen LogP contribution in [0.25, 0.3) is 6.08 Å². The third-order valence-electron chi connectivity index (χ3n) is 2.78. The van der Waals surface area contributed by atoms with Crippen molar-refractivity contribution in [3.63, 3.8) is 0 Å². The monoisotopic (exact) mass is 242 g/mol. The van der Waals surface area contributed by atoms with Crippen molar-refractivity contribution in [3.05, 3.63) is 53.3 Å². The molecule has 92 valence electrons. The number of carbonyl (C=O) groups excluding carboxylic acids is 2. The molecule has 0 aromatic heterocycles. The molecule has 0 bridgehead atoms. The number of allylic oxidation sites excluding steroid dienone is 2. The maximum absolute atomic E-state index is 11.6. The van der Waals surface area contributed by atoms with Crippen LogP contribution >= 0.6 is 0 Å². The summed E-state index contributed by atoms with van der Waals surface area (Å²) in [4.78, 5) is 23.0. The van der Waals surface area contributed by atoms with E-state index in [2.05, 4.69) is 0 Å². The number of Topliss-reactive ketones (excluding diaryl/α,β-unsaturated/α-hetero) is 1. The predicted molar refractivity (Wildman–Crippen MR) is 68.5 cm³/mol. The zero-order valence-electron chi connectivity index (χ0n) is 10.2. The highest BCUT2D eigenvalue weighted by Gasteiger charge is 2.23. The molecule has 0 atom stereocenters. The summed E-state index contributed by atoms with van der Waals surface area (Å²) >= 11 is 0. The molecule has 0 N–H and O–H groups in total. The van der Waals surface area contributed by atoms with E-state index in [0.29, 0.717) is 12.8 Å². The summed E-state index contributed by atoms with van der Waals surface area (Å²) in [5, 5.41) is 0. The highest BCUT2D eigenvalue weighted by atomic mass is 16.5. The molecule has 2 rings (SSSR count). The zero-order valence-corrected chi connectivity index (χ0v) is 10.2. The number of benzene rings is 1. The summed E-state index contributed by atoms with van der Waals surface area (Å²) in [6.45, 7) is 1.81. The Bertz CT molecular complexity index is 524. The van der Waals surface area contributed by atoms with Crippen LogP contribution < -0.4 is 0 Å². The van der Waals surface area contributed by atoms with Crippen LogP contribution in [0.5, 0.6) is 0 Å². The molecule has 0 fully saturated rings. The lowest BCUT2D eigenvalue weighted by molar-refractivity contribution is -0.137. The second kappa shape index (κ2) is 5.45. The lowest BCUT2D eigenvalue weighted by Crippen LogP contribution is -2.06. The Kier molecular flexibility index (Phi) is 3.72. The van der Waals surface area contributed by atoms with Gasteiger partial charge in [-0.1, -0.05) is 30.3 Å². The van der Waals surface area contributed by atoms with E-state index in [4.69, 9.17) is 4.74 Å². The fraction of sp³-hybridized carbons (Fsp3) is 0.200. The Morgan fingerprint density at radius 1 is 1.22 bits per heavy atom. The molecule has 0 amide bonds. The van der Waals surface area contributed by atoms with Gasteiger partial charge in [0, 0.05) is 12.5 Å². The van der Waals surface area contributed by atoms with Gasteiger partial charge in [0.25, 0.3) is 0 Å². The molecule has 0 heterocycles. The fourth-order valence-corrected chi connectivity index (χ4v) is 1.77. The average molecular weight is 242 g/mol. The van der Waals surface area contributed by atoms with E-state index < -0.39 is 5.97 Å². The van der Waals surface area contributed by atoms with Crippen molar-refractivity contribution >= 4 is 17.8 Å². The molecule has 0 saturated heterocycles. The van der Waals surface area contributed by atoms with Crippen LogP contribution in [0.2, 0.25) is 0 Å². The first-order valence-electron chi connectivity index (χ1n) is 5.84. The van der Waals surface area contributed by atoms with Gasteiger partial charge in [-0.2, -0.15) is 0 Å². The SMILES string of the molecule is CC1=C(OC(=O)C=Cc2ccccc2)C(=O)CC1. The van der Waals surface area contributed by atoms with E-state index in [1.807, 2.05) is 37.3 Å². The standard InChI is InChI=1S/C15H14O3/c1-11-7-9-13(16)15(11)18-14(17)10-8-12-5-3-2-4-6-12/h2-6,8,10H,7,9H2,1H3. The average Bonchev–Trinajstić information content (AvgIpc) is 2.69. The number of hydrogen-bond acceptors (Lipinski definition) is 3. The largest absolute Gasteiger partial charge is 0.420 e. The van der Waals surface area contributed by atoms with Gasteiger partial charge in [0.2, 0.25) is 0 Å². The maximum Gasteiger partial charge on any atom is 0.336 e. The van der Waals surface area contributed by atoms with Gasteiger partial charge in [-0.25, -0.2) is 4.79 Å².